The van der Waals surface area contributed by atoms with E-state index in [1.165, 1.54) is 0 Å². The van der Waals surface area contributed by atoms with Crippen LogP contribution >= 0.6 is 0 Å². The molecular weight excluding hydrogens is 196 g/mol. The fourth-order valence-electron chi connectivity index (χ4n) is 1.06. The molecule has 0 aromatic heterocycles. The van der Waals surface area contributed by atoms with Crippen LogP contribution in [0.3, 0.4) is 0 Å². The Bertz CT molecular complexity index is 195. The van der Waals surface area contributed by atoms with Gasteiger partial charge in [-0.3, -0.25) is 9.59 Å². The lowest BCUT2D eigenvalue weighted by atomic mass is 10.2. The molecule has 0 saturated heterocycles. The molecule has 0 aliphatic carbocycles. The minimum absolute atomic E-state index is 0.0345. The topological polar surface area (TPSA) is 81.4 Å². The van der Waals surface area contributed by atoms with Gasteiger partial charge in [0.2, 0.25) is 11.8 Å². The van der Waals surface area contributed by atoms with Gasteiger partial charge in [0.1, 0.15) is 0 Å². The summed E-state index contributed by atoms with van der Waals surface area (Å²) in [7, 11) is 0. The second-order valence-corrected chi connectivity index (χ2v) is 3.22. The van der Waals surface area contributed by atoms with Gasteiger partial charge in [0.25, 0.3) is 0 Å². The predicted octanol–water partition coefficient (Wildman–Crippen LogP) is 0.185. The maximum absolute atomic E-state index is 11.2. The van der Waals surface area contributed by atoms with Gasteiger partial charge >= 0.3 is 0 Å². The smallest absolute Gasteiger partial charge is 0.220 e. The molecule has 0 spiro atoms. The quantitative estimate of drug-likeness (QED) is 0.540. The Morgan fingerprint density at radius 3 is 2.60 bits per heavy atom. The molecule has 0 fully saturated rings. The first kappa shape index (κ1) is 13.9. The van der Waals surface area contributed by atoms with Gasteiger partial charge < -0.3 is 15.8 Å². The van der Waals surface area contributed by atoms with E-state index in [2.05, 4.69) is 5.32 Å². The monoisotopic (exact) mass is 216 g/mol. The first-order valence-corrected chi connectivity index (χ1v) is 5.29. The number of nitrogens with two attached hydrogens (primary N) is 1. The largest absolute Gasteiger partial charge is 0.382 e. The highest BCUT2D eigenvalue weighted by molar-refractivity contribution is 5.77. The maximum atomic E-state index is 11.2. The molecule has 0 unspecified atom stereocenters. The molecule has 2 amide bonds. The summed E-state index contributed by atoms with van der Waals surface area (Å²) in [6, 6.07) is 0. The van der Waals surface area contributed by atoms with Crippen molar-refractivity contribution >= 4 is 11.8 Å². The molecule has 88 valence electrons. The van der Waals surface area contributed by atoms with Crippen molar-refractivity contribution in [2.24, 2.45) is 5.73 Å². The fraction of sp³-hybridized carbons (Fsp3) is 0.800. The minimum Gasteiger partial charge on any atom is -0.382 e. The van der Waals surface area contributed by atoms with Crippen LogP contribution in [0.25, 0.3) is 0 Å². The number of nitrogens with one attached hydrogen (secondary N) is 1. The highest BCUT2D eigenvalue weighted by Crippen LogP contribution is 1.94. The average Bonchev–Trinajstić information content (AvgIpc) is 2.17. The Kier molecular flexibility index (Phi) is 8.76. The van der Waals surface area contributed by atoms with E-state index in [0.717, 1.165) is 6.42 Å². The molecular formula is C10H20N2O3. The van der Waals surface area contributed by atoms with E-state index in [-0.39, 0.29) is 18.2 Å². The number of hydrogen-bond acceptors (Lipinski definition) is 3. The van der Waals surface area contributed by atoms with Crippen LogP contribution in [0.1, 0.15) is 32.6 Å². The van der Waals surface area contributed by atoms with Crippen LogP contribution in [0.15, 0.2) is 0 Å². The molecule has 0 aliphatic rings. The molecule has 5 nitrogen and oxygen atoms in total. The summed E-state index contributed by atoms with van der Waals surface area (Å²) >= 11 is 0. The van der Waals surface area contributed by atoms with E-state index in [9.17, 15) is 9.59 Å². The molecule has 0 rings (SSSR count). The standard InChI is InChI=1S/C10H20N2O3/c1-2-15-8-4-7-12-10(14)6-3-5-9(11)13/h2-8H2,1H3,(H2,11,13)(H,12,14). The molecule has 0 saturated carbocycles. The normalized spacial score (nSPS) is 9.93. The van der Waals surface area contributed by atoms with Gasteiger partial charge in [-0.2, -0.15) is 0 Å². The van der Waals surface area contributed by atoms with Gasteiger partial charge in [-0.1, -0.05) is 0 Å². The second kappa shape index (κ2) is 9.45. The van der Waals surface area contributed by atoms with Crippen molar-refractivity contribution < 1.29 is 14.3 Å². The van der Waals surface area contributed by atoms with E-state index in [1.54, 1.807) is 0 Å². The highest BCUT2D eigenvalue weighted by Gasteiger charge is 2.01. The fourth-order valence-corrected chi connectivity index (χ4v) is 1.06. The highest BCUT2D eigenvalue weighted by atomic mass is 16.5. The van der Waals surface area contributed by atoms with Crippen LogP contribution in [-0.2, 0) is 14.3 Å². The summed E-state index contributed by atoms with van der Waals surface area (Å²) < 4.78 is 5.12. The first-order valence-electron chi connectivity index (χ1n) is 5.29. The van der Waals surface area contributed by atoms with Gasteiger partial charge in [-0.25, -0.2) is 0 Å². The lowest BCUT2D eigenvalue weighted by molar-refractivity contribution is -0.121. The zero-order valence-corrected chi connectivity index (χ0v) is 9.25. The number of carbonyl (C=O) groups excluding carboxylic acids is 2. The van der Waals surface area contributed by atoms with Crippen molar-refractivity contribution in [2.45, 2.75) is 32.6 Å². The van der Waals surface area contributed by atoms with Crippen molar-refractivity contribution in [3.8, 4) is 0 Å². The van der Waals surface area contributed by atoms with E-state index < -0.39 is 0 Å². The molecule has 0 aliphatic heterocycles. The lowest BCUT2D eigenvalue weighted by Crippen LogP contribution is -2.25. The Labute approximate surface area is 90.4 Å². The Morgan fingerprint density at radius 1 is 1.27 bits per heavy atom. The van der Waals surface area contributed by atoms with Crippen LogP contribution in [0, 0.1) is 0 Å². The number of hydrogen-bond donors (Lipinski definition) is 2. The third kappa shape index (κ3) is 10.8. The molecule has 3 N–H and O–H groups in total. The number of primary amides is 1. The van der Waals surface area contributed by atoms with Gasteiger partial charge in [0.05, 0.1) is 0 Å². The molecule has 15 heavy (non-hydrogen) atoms. The number of ether oxygens (including phenoxy) is 1. The Hall–Kier alpha value is -1.10. The van der Waals surface area contributed by atoms with Crippen LogP contribution in [-0.4, -0.2) is 31.6 Å². The van der Waals surface area contributed by atoms with Gasteiger partial charge in [0.15, 0.2) is 0 Å². The van der Waals surface area contributed by atoms with E-state index in [1.807, 2.05) is 6.92 Å². The van der Waals surface area contributed by atoms with Crippen LogP contribution in [0.5, 0.6) is 0 Å². The van der Waals surface area contributed by atoms with E-state index in [4.69, 9.17) is 10.5 Å². The number of amides is 2. The second-order valence-electron chi connectivity index (χ2n) is 3.22. The zero-order chi connectivity index (χ0) is 11.5. The third-order valence-corrected chi connectivity index (χ3v) is 1.82. The summed E-state index contributed by atoms with van der Waals surface area (Å²) in [4.78, 5) is 21.5. The third-order valence-electron chi connectivity index (χ3n) is 1.82. The van der Waals surface area contributed by atoms with Crippen LogP contribution < -0.4 is 11.1 Å². The van der Waals surface area contributed by atoms with Crippen molar-refractivity contribution in [1.82, 2.24) is 5.32 Å². The SMILES string of the molecule is CCOCCCNC(=O)CCCC(N)=O. The summed E-state index contributed by atoms with van der Waals surface area (Å²) in [5, 5.41) is 2.74. The van der Waals surface area contributed by atoms with Gasteiger partial charge in [-0.15, -0.1) is 0 Å². The van der Waals surface area contributed by atoms with Gasteiger partial charge in [0, 0.05) is 32.6 Å². The summed E-state index contributed by atoms with van der Waals surface area (Å²) in [5.41, 5.74) is 4.95. The Morgan fingerprint density at radius 2 is 2.00 bits per heavy atom. The first-order chi connectivity index (χ1) is 7.16. The molecule has 0 atom stereocenters. The van der Waals surface area contributed by atoms with Crippen molar-refractivity contribution in [1.29, 1.82) is 0 Å². The molecule has 5 heteroatoms. The Balaban J connectivity index is 3.22. The maximum Gasteiger partial charge on any atom is 0.220 e. The van der Waals surface area contributed by atoms with Crippen LogP contribution in [0.4, 0.5) is 0 Å². The lowest BCUT2D eigenvalue weighted by Gasteiger charge is -2.04. The van der Waals surface area contributed by atoms with E-state index in [0.29, 0.717) is 32.6 Å². The summed E-state index contributed by atoms with van der Waals surface area (Å²) in [6.07, 6.45) is 1.96. The predicted molar refractivity (Wildman–Crippen MR) is 57.2 cm³/mol. The molecule has 0 bridgehead atoms. The van der Waals surface area contributed by atoms with Crippen molar-refractivity contribution in [3.63, 3.8) is 0 Å². The number of carbonyl (C=O) groups is 2. The van der Waals surface area contributed by atoms with Crippen molar-refractivity contribution in [2.75, 3.05) is 19.8 Å². The molecule has 0 aromatic carbocycles. The minimum atomic E-state index is -0.362. The number of rotatable bonds is 9. The average molecular weight is 216 g/mol. The van der Waals surface area contributed by atoms with Crippen LogP contribution in [0.2, 0.25) is 0 Å². The molecule has 0 heterocycles. The molecule has 0 radical (unpaired) electrons. The summed E-state index contributed by atoms with van der Waals surface area (Å²) in [5.74, 6) is -0.396. The van der Waals surface area contributed by atoms with Crippen molar-refractivity contribution in [3.05, 3.63) is 0 Å². The summed E-state index contributed by atoms with van der Waals surface area (Å²) in [6.45, 7) is 3.92. The van der Waals surface area contributed by atoms with Gasteiger partial charge in [-0.05, 0) is 19.8 Å². The molecule has 0 aromatic rings. The zero-order valence-electron chi connectivity index (χ0n) is 9.25. The van der Waals surface area contributed by atoms with E-state index >= 15 is 0 Å².